The van der Waals surface area contributed by atoms with Gasteiger partial charge in [-0.3, -0.25) is 4.90 Å². The molecule has 0 radical (unpaired) electrons. The van der Waals surface area contributed by atoms with Gasteiger partial charge < -0.3 is 14.9 Å². The van der Waals surface area contributed by atoms with Crippen LogP contribution in [0.15, 0.2) is 30.3 Å². The number of likely N-dealkylation sites (tertiary alicyclic amines) is 1. The smallest absolute Gasteiger partial charge is 0.408 e. The molecule has 2 N–H and O–H groups in total. The molecule has 6 nitrogen and oxygen atoms in total. The number of rotatable bonds is 4. The molecule has 0 bridgehead atoms. The summed E-state index contributed by atoms with van der Waals surface area (Å²) in [5.41, 5.74) is 0.975. The third-order valence-electron chi connectivity index (χ3n) is 3.12. The van der Waals surface area contributed by atoms with Gasteiger partial charge in [0.1, 0.15) is 6.04 Å². The van der Waals surface area contributed by atoms with Gasteiger partial charge in [0.05, 0.1) is 19.3 Å². The van der Waals surface area contributed by atoms with Crippen LogP contribution in [0.2, 0.25) is 0 Å². The molecule has 1 aliphatic heterocycles. The van der Waals surface area contributed by atoms with Gasteiger partial charge in [-0.1, -0.05) is 30.3 Å². The van der Waals surface area contributed by atoms with Crippen LogP contribution < -0.4 is 0 Å². The minimum Gasteiger partial charge on any atom is -0.480 e. The summed E-state index contributed by atoms with van der Waals surface area (Å²) in [6, 6.07) is 8.45. The van der Waals surface area contributed by atoms with Crippen LogP contribution in [0, 0.1) is 0 Å². The molecule has 2 atom stereocenters. The first-order chi connectivity index (χ1) is 9.08. The van der Waals surface area contributed by atoms with Gasteiger partial charge in [0.25, 0.3) is 0 Å². The summed E-state index contributed by atoms with van der Waals surface area (Å²) in [4.78, 5) is 22.8. The van der Waals surface area contributed by atoms with E-state index in [9.17, 15) is 9.59 Å². The average Bonchev–Trinajstić information content (AvgIpc) is 2.82. The van der Waals surface area contributed by atoms with Crippen LogP contribution in [0.1, 0.15) is 12.0 Å². The normalized spacial score (nSPS) is 22.4. The minimum absolute atomic E-state index is 0.0964. The molecule has 0 unspecified atom stereocenters. The summed E-state index contributed by atoms with van der Waals surface area (Å²) < 4.78 is 5.58. The van der Waals surface area contributed by atoms with Crippen molar-refractivity contribution in [3.05, 3.63) is 35.9 Å². The highest BCUT2D eigenvalue weighted by Crippen LogP contribution is 2.21. The van der Waals surface area contributed by atoms with Gasteiger partial charge in [-0.05, 0) is 5.56 Å². The lowest BCUT2D eigenvalue weighted by atomic mass is 10.2. The Morgan fingerprint density at radius 3 is 2.47 bits per heavy atom. The molecule has 1 saturated heterocycles. The zero-order valence-electron chi connectivity index (χ0n) is 10.2. The quantitative estimate of drug-likeness (QED) is 0.859. The molecule has 1 aliphatic rings. The van der Waals surface area contributed by atoms with Crippen LogP contribution in [0.25, 0.3) is 0 Å². The molecule has 0 saturated carbocycles. The summed E-state index contributed by atoms with van der Waals surface area (Å²) in [5, 5.41) is 17.9. The second kappa shape index (κ2) is 5.71. The number of amides is 1. The Morgan fingerprint density at radius 2 is 1.95 bits per heavy atom. The Balaban J connectivity index is 1.93. The number of carboxylic acids is 1. The molecule has 6 heteroatoms. The van der Waals surface area contributed by atoms with E-state index < -0.39 is 18.1 Å². The second-order valence-electron chi connectivity index (χ2n) is 4.44. The number of carbonyl (C=O) groups is 2. The average molecular weight is 265 g/mol. The molecule has 2 rings (SSSR count). The van der Waals surface area contributed by atoms with Crippen molar-refractivity contribution < 1.29 is 24.5 Å². The van der Waals surface area contributed by atoms with Crippen molar-refractivity contribution in [1.82, 2.24) is 4.90 Å². The van der Waals surface area contributed by atoms with Gasteiger partial charge in [0.15, 0.2) is 0 Å². The number of hydrogen-bond acceptors (Lipinski definition) is 3. The maximum absolute atomic E-state index is 11.0. The van der Waals surface area contributed by atoms with Crippen LogP contribution in [-0.2, 0) is 16.1 Å². The lowest BCUT2D eigenvalue weighted by molar-refractivity contribution is -0.141. The van der Waals surface area contributed by atoms with E-state index in [0.29, 0.717) is 6.61 Å². The number of hydrogen-bond donors (Lipinski definition) is 2. The van der Waals surface area contributed by atoms with E-state index in [0.717, 1.165) is 10.5 Å². The lowest BCUT2D eigenvalue weighted by Gasteiger charge is -2.16. The molecule has 0 aromatic heterocycles. The van der Waals surface area contributed by atoms with Crippen molar-refractivity contribution in [3.8, 4) is 0 Å². The van der Waals surface area contributed by atoms with Gasteiger partial charge in [-0.2, -0.15) is 0 Å². The first-order valence-electron chi connectivity index (χ1n) is 5.96. The maximum Gasteiger partial charge on any atom is 0.408 e. The Kier molecular flexibility index (Phi) is 4.01. The molecule has 1 aromatic carbocycles. The summed E-state index contributed by atoms with van der Waals surface area (Å²) in [7, 11) is 0. The zero-order chi connectivity index (χ0) is 13.8. The Hall–Kier alpha value is -2.08. The topological polar surface area (TPSA) is 87.1 Å². The van der Waals surface area contributed by atoms with E-state index in [-0.39, 0.29) is 19.1 Å². The van der Waals surface area contributed by atoms with Crippen LogP contribution in [0.4, 0.5) is 4.79 Å². The highest BCUT2D eigenvalue weighted by atomic mass is 16.5. The van der Waals surface area contributed by atoms with Crippen molar-refractivity contribution in [3.63, 3.8) is 0 Å². The van der Waals surface area contributed by atoms with E-state index in [2.05, 4.69) is 0 Å². The molecular weight excluding hydrogens is 250 g/mol. The van der Waals surface area contributed by atoms with Gasteiger partial charge in [-0.25, -0.2) is 9.59 Å². The fourth-order valence-electron chi connectivity index (χ4n) is 2.15. The molecule has 1 amide bonds. The number of nitrogens with zero attached hydrogens (tertiary/aromatic N) is 1. The Labute approximate surface area is 110 Å². The minimum atomic E-state index is -1.22. The fourth-order valence-corrected chi connectivity index (χ4v) is 2.15. The summed E-state index contributed by atoms with van der Waals surface area (Å²) in [6.45, 7) is 0.449. The van der Waals surface area contributed by atoms with Gasteiger partial charge in [0.2, 0.25) is 0 Å². The number of benzene rings is 1. The summed E-state index contributed by atoms with van der Waals surface area (Å²) in [5.74, 6) is -1.13. The number of carboxylic acid groups (broad SMARTS) is 2. The van der Waals surface area contributed by atoms with Crippen LogP contribution in [0.3, 0.4) is 0 Å². The van der Waals surface area contributed by atoms with Crippen molar-refractivity contribution in [1.29, 1.82) is 0 Å². The molecular formula is C13H15NO5. The van der Waals surface area contributed by atoms with E-state index >= 15 is 0 Å². The van der Waals surface area contributed by atoms with E-state index in [1.54, 1.807) is 0 Å². The first-order valence-corrected chi connectivity index (χ1v) is 5.96. The van der Waals surface area contributed by atoms with Gasteiger partial charge >= 0.3 is 12.1 Å². The first kappa shape index (κ1) is 13.4. The standard InChI is InChI=1S/C13H15NO5/c15-12(16)11-6-10(7-14(11)13(17)18)19-8-9-4-2-1-3-5-9/h1-5,10-11H,6-8H2,(H,15,16)(H,17,18)/t10-,11+/m0/s1. The third kappa shape index (κ3) is 3.23. The van der Waals surface area contributed by atoms with Crippen molar-refractivity contribution >= 4 is 12.1 Å². The Morgan fingerprint density at radius 1 is 1.26 bits per heavy atom. The number of aliphatic carboxylic acids is 1. The zero-order valence-corrected chi connectivity index (χ0v) is 10.2. The van der Waals surface area contributed by atoms with Crippen molar-refractivity contribution in [2.75, 3.05) is 6.54 Å². The largest absolute Gasteiger partial charge is 0.480 e. The molecule has 0 spiro atoms. The SMILES string of the molecule is O=C(O)[C@H]1C[C@H](OCc2ccccc2)CN1C(=O)O. The third-order valence-corrected chi connectivity index (χ3v) is 3.12. The van der Waals surface area contributed by atoms with Crippen molar-refractivity contribution in [2.24, 2.45) is 0 Å². The molecule has 0 aliphatic carbocycles. The van der Waals surface area contributed by atoms with E-state index in [1.807, 2.05) is 30.3 Å². The predicted octanol–water partition coefficient (Wildman–Crippen LogP) is 1.41. The molecule has 1 fully saturated rings. The predicted molar refractivity (Wildman–Crippen MR) is 65.8 cm³/mol. The molecule has 1 aromatic rings. The van der Waals surface area contributed by atoms with E-state index in [4.69, 9.17) is 14.9 Å². The monoisotopic (exact) mass is 265 g/mol. The van der Waals surface area contributed by atoms with Crippen LogP contribution in [-0.4, -0.2) is 45.9 Å². The molecule has 19 heavy (non-hydrogen) atoms. The molecule has 1 heterocycles. The second-order valence-corrected chi connectivity index (χ2v) is 4.44. The summed E-state index contributed by atoms with van der Waals surface area (Å²) in [6.07, 6.45) is -1.41. The fraction of sp³-hybridized carbons (Fsp3) is 0.385. The van der Waals surface area contributed by atoms with Crippen LogP contribution >= 0.6 is 0 Å². The highest BCUT2D eigenvalue weighted by Gasteiger charge is 2.40. The molecule has 102 valence electrons. The van der Waals surface area contributed by atoms with Crippen LogP contribution in [0.5, 0.6) is 0 Å². The lowest BCUT2D eigenvalue weighted by Crippen LogP contribution is -2.39. The van der Waals surface area contributed by atoms with Gasteiger partial charge in [0, 0.05) is 6.42 Å². The van der Waals surface area contributed by atoms with E-state index in [1.165, 1.54) is 0 Å². The highest BCUT2D eigenvalue weighted by molar-refractivity contribution is 5.80. The Bertz CT molecular complexity index is 439. The maximum atomic E-state index is 11.0. The summed E-state index contributed by atoms with van der Waals surface area (Å²) >= 11 is 0. The van der Waals surface area contributed by atoms with Crippen molar-refractivity contribution in [2.45, 2.75) is 25.2 Å². The number of ether oxygens (including phenoxy) is 1. The van der Waals surface area contributed by atoms with Gasteiger partial charge in [-0.15, -0.1) is 0 Å².